The summed E-state index contributed by atoms with van der Waals surface area (Å²) in [6.45, 7) is 6.55. The van der Waals surface area contributed by atoms with Gasteiger partial charge in [0.05, 0.1) is 4.90 Å². The van der Waals surface area contributed by atoms with Crippen molar-refractivity contribution in [2.75, 3.05) is 0 Å². The normalized spacial score (nSPS) is 22.7. The van der Waals surface area contributed by atoms with Crippen LogP contribution in [-0.4, -0.2) is 38.5 Å². The second-order valence-electron chi connectivity index (χ2n) is 11.2. The largest absolute Gasteiger partial charge is 0.444 e. The van der Waals surface area contributed by atoms with Crippen LogP contribution in [-0.2, 0) is 25.0 Å². The molecule has 1 aliphatic carbocycles. The van der Waals surface area contributed by atoms with Crippen molar-refractivity contribution in [3.63, 3.8) is 0 Å². The molecular formula is C27H29F8NO4S. The molecule has 1 amide bonds. The van der Waals surface area contributed by atoms with Gasteiger partial charge in [0.1, 0.15) is 16.2 Å². The summed E-state index contributed by atoms with van der Waals surface area (Å²) < 4.78 is 139. The molecule has 0 bridgehead atoms. The predicted octanol–water partition coefficient (Wildman–Crippen LogP) is 7.50. The topological polar surface area (TPSA) is 72.5 Å². The van der Waals surface area contributed by atoms with Crippen molar-refractivity contribution in [1.82, 2.24) is 5.32 Å². The van der Waals surface area contributed by atoms with Gasteiger partial charge in [0.2, 0.25) is 0 Å². The second-order valence-corrected chi connectivity index (χ2v) is 13.4. The quantitative estimate of drug-likeness (QED) is 0.279. The maximum absolute atomic E-state index is 14.6. The Morgan fingerprint density at radius 3 is 1.85 bits per heavy atom. The molecule has 0 radical (unpaired) electrons. The molecule has 2 aromatic rings. The molecule has 3 unspecified atom stereocenters. The molecule has 0 saturated heterocycles. The zero-order valence-electron chi connectivity index (χ0n) is 22.5. The molecule has 0 spiro atoms. The number of rotatable bonds is 5. The molecule has 3 atom stereocenters. The fourth-order valence-electron chi connectivity index (χ4n) is 5.10. The number of amides is 1. The van der Waals surface area contributed by atoms with E-state index in [1.807, 2.05) is 0 Å². The summed E-state index contributed by atoms with van der Waals surface area (Å²) in [6.07, 6.45) is -13.9. The Bertz CT molecular complexity index is 1340. The molecule has 0 aromatic heterocycles. The Balaban J connectivity index is 2.10. The van der Waals surface area contributed by atoms with Gasteiger partial charge in [0.25, 0.3) is 0 Å². The van der Waals surface area contributed by atoms with Gasteiger partial charge in [-0.1, -0.05) is 31.2 Å². The number of halogens is 8. The summed E-state index contributed by atoms with van der Waals surface area (Å²) in [4.78, 5) is 12.0. The summed E-state index contributed by atoms with van der Waals surface area (Å²) in [7, 11) is -4.46. The van der Waals surface area contributed by atoms with Crippen molar-refractivity contribution in [2.24, 2.45) is 5.92 Å². The first kappa shape index (κ1) is 32.6. The summed E-state index contributed by atoms with van der Waals surface area (Å²) in [5, 5.41) is 2.67. The number of hydrogen-bond donors (Lipinski definition) is 1. The summed E-state index contributed by atoms with van der Waals surface area (Å²) in [5.74, 6) is -1.32. The zero-order valence-corrected chi connectivity index (χ0v) is 23.3. The first-order valence-corrected chi connectivity index (χ1v) is 14.0. The van der Waals surface area contributed by atoms with E-state index >= 15 is 0 Å². The van der Waals surface area contributed by atoms with E-state index in [1.54, 1.807) is 27.7 Å². The number of carbonyl (C=O) groups excluding carboxylic acids is 1. The average Bonchev–Trinajstić information content (AvgIpc) is 2.82. The fourth-order valence-corrected chi connectivity index (χ4v) is 7.36. The maximum atomic E-state index is 14.6. The lowest BCUT2D eigenvalue weighted by molar-refractivity contribution is -0.348. The Kier molecular flexibility index (Phi) is 8.54. The maximum Gasteiger partial charge on any atom is 0.435 e. The van der Waals surface area contributed by atoms with E-state index in [0.717, 1.165) is 36.4 Å². The van der Waals surface area contributed by atoms with Crippen LogP contribution < -0.4 is 5.32 Å². The van der Waals surface area contributed by atoms with Crippen LogP contribution >= 0.6 is 0 Å². The first-order chi connectivity index (χ1) is 18.5. The van der Waals surface area contributed by atoms with Gasteiger partial charge in [0.15, 0.2) is 9.84 Å². The number of alkyl carbamates (subject to hydrolysis) is 1. The lowest BCUT2D eigenvalue weighted by Gasteiger charge is -2.44. The summed E-state index contributed by atoms with van der Waals surface area (Å²) in [6, 6.07) is 5.20. The zero-order chi connectivity index (χ0) is 31.2. The number of nitrogens with one attached hydrogen (secondary N) is 1. The van der Waals surface area contributed by atoms with Crippen LogP contribution in [0.1, 0.15) is 58.1 Å². The van der Waals surface area contributed by atoms with Crippen LogP contribution in [0.4, 0.5) is 39.9 Å². The minimum atomic E-state index is -6.34. The molecule has 14 heteroatoms. The van der Waals surface area contributed by atoms with Gasteiger partial charge >= 0.3 is 24.1 Å². The molecule has 0 aliphatic heterocycles. The number of alkyl halides is 7. The van der Waals surface area contributed by atoms with Crippen molar-refractivity contribution in [1.29, 1.82) is 0 Å². The van der Waals surface area contributed by atoms with Crippen LogP contribution in [0.15, 0.2) is 53.4 Å². The molecule has 228 valence electrons. The van der Waals surface area contributed by atoms with E-state index in [2.05, 4.69) is 5.32 Å². The third kappa shape index (κ3) is 6.17. The molecule has 2 aromatic carbocycles. The van der Waals surface area contributed by atoms with E-state index in [1.165, 1.54) is 0 Å². The fraction of sp³-hybridized carbons (Fsp3) is 0.519. The van der Waals surface area contributed by atoms with E-state index in [4.69, 9.17) is 4.74 Å². The number of benzene rings is 2. The number of ether oxygens (including phenoxy) is 1. The molecule has 3 rings (SSSR count). The molecule has 41 heavy (non-hydrogen) atoms. The monoisotopic (exact) mass is 615 g/mol. The van der Waals surface area contributed by atoms with Crippen LogP contribution in [0.5, 0.6) is 0 Å². The molecule has 0 heterocycles. The van der Waals surface area contributed by atoms with E-state index in [0.29, 0.717) is 0 Å². The molecular weight excluding hydrogens is 586 g/mol. The van der Waals surface area contributed by atoms with Gasteiger partial charge in [0, 0.05) is 11.6 Å². The van der Waals surface area contributed by atoms with Crippen molar-refractivity contribution >= 4 is 15.9 Å². The van der Waals surface area contributed by atoms with Gasteiger partial charge in [-0.3, -0.25) is 0 Å². The van der Waals surface area contributed by atoms with Gasteiger partial charge in [-0.05, 0) is 75.8 Å². The Labute approximate surface area is 232 Å². The highest BCUT2D eigenvalue weighted by Crippen LogP contribution is 2.54. The van der Waals surface area contributed by atoms with Gasteiger partial charge in [-0.2, -0.15) is 26.3 Å². The lowest BCUT2D eigenvalue weighted by Crippen LogP contribution is -2.51. The van der Waals surface area contributed by atoms with Crippen LogP contribution in [0.25, 0.3) is 0 Å². The average molecular weight is 616 g/mol. The lowest BCUT2D eigenvalue weighted by atomic mass is 9.75. The summed E-state index contributed by atoms with van der Waals surface area (Å²) in [5.41, 5.74) is -8.45. The van der Waals surface area contributed by atoms with Crippen molar-refractivity contribution < 1.29 is 53.1 Å². The first-order valence-electron chi connectivity index (χ1n) is 12.5. The highest BCUT2D eigenvalue weighted by Gasteiger charge is 2.73. The number of hydrogen-bond acceptors (Lipinski definition) is 4. The highest BCUT2D eigenvalue weighted by atomic mass is 32.2. The minimum absolute atomic E-state index is 0.0285. The second kappa shape index (κ2) is 10.7. The minimum Gasteiger partial charge on any atom is -0.444 e. The molecule has 1 fully saturated rings. The van der Waals surface area contributed by atoms with Gasteiger partial charge < -0.3 is 10.1 Å². The van der Waals surface area contributed by atoms with E-state index in [-0.39, 0.29) is 41.9 Å². The molecule has 1 N–H and O–H groups in total. The van der Waals surface area contributed by atoms with Crippen molar-refractivity contribution in [2.45, 2.75) is 86.3 Å². The smallest absolute Gasteiger partial charge is 0.435 e. The molecule has 5 nitrogen and oxygen atoms in total. The standard InChI is InChI=1S/C27H29F8NO4S/c1-16-15-24(41(38,39)20-11-9-19(28)10-12-20,14-13-21(16)36-22(37)40-23(2,3)4)17-5-7-18(8-6-17)25(29,26(30,31)32)27(33,34)35/h5-12,16,21H,13-15H2,1-4H3,(H,36,37). The highest BCUT2D eigenvalue weighted by molar-refractivity contribution is 7.92. The van der Waals surface area contributed by atoms with Crippen LogP contribution in [0.3, 0.4) is 0 Å². The van der Waals surface area contributed by atoms with E-state index in [9.17, 15) is 48.3 Å². The van der Waals surface area contributed by atoms with Crippen LogP contribution in [0.2, 0.25) is 0 Å². The molecule has 1 saturated carbocycles. The van der Waals surface area contributed by atoms with Crippen LogP contribution in [0, 0.1) is 11.7 Å². The van der Waals surface area contributed by atoms with Crippen molar-refractivity contribution in [3.8, 4) is 0 Å². The number of carbonyl (C=O) groups is 1. The number of sulfone groups is 1. The third-order valence-electron chi connectivity index (χ3n) is 7.13. The summed E-state index contributed by atoms with van der Waals surface area (Å²) >= 11 is 0. The van der Waals surface area contributed by atoms with Gasteiger partial charge in [-0.15, -0.1) is 0 Å². The Morgan fingerprint density at radius 2 is 1.41 bits per heavy atom. The van der Waals surface area contributed by atoms with E-state index < -0.39 is 67.6 Å². The SMILES string of the molecule is CC1CC(c2ccc(C(F)(C(F)(F)F)C(F)(F)F)cc2)(S(=O)(=O)c2ccc(F)cc2)CCC1NC(=O)OC(C)(C)C. The Hall–Kier alpha value is -2.90. The van der Waals surface area contributed by atoms with Gasteiger partial charge in [-0.25, -0.2) is 22.0 Å². The predicted molar refractivity (Wildman–Crippen MR) is 133 cm³/mol. The third-order valence-corrected chi connectivity index (χ3v) is 9.66. The Morgan fingerprint density at radius 1 is 0.902 bits per heavy atom. The van der Waals surface area contributed by atoms with Crippen molar-refractivity contribution in [3.05, 3.63) is 65.5 Å². The molecule has 1 aliphatic rings.